The van der Waals surface area contributed by atoms with E-state index in [4.69, 9.17) is 11.6 Å². The number of esters is 1. The molecule has 1 aliphatic rings. The third-order valence-electron chi connectivity index (χ3n) is 2.63. The normalized spacial score (nSPS) is 14.4. The Hall–Kier alpha value is -1.10. The Kier molecular flexibility index (Phi) is 5.59. The van der Waals surface area contributed by atoms with E-state index in [0.29, 0.717) is 10.6 Å². The summed E-state index contributed by atoms with van der Waals surface area (Å²) < 4.78 is 4.61. The van der Waals surface area contributed by atoms with Crippen LogP contribution in [0.25, 0.3) is 5.57 Å². The van der Waals surface area contributed by atoms with Crippen LogP contribution in [0.4, 0.5) is 0 Å². The number of carbonyl (C=O) groups is 1. The SMILES string of the molecule is COC(=O)c1cnc(C2=CCNCC2)c(Cl)c1.Cl. The Morgan fingerprint density at radius 3 is 2.89 bits per heavy atom. The second kappa shape index (κ2) is 6.73. The number of halogens is 2. The number of hydrogen-bond donors (Lipinski definition) is 1. The van der Waals surface area contributed by atoms with Crippen LogP contribution in [0.5, 0.6) is 0 Å². The summed E-state index contributed by atoms with van der Waals surface area (Å²) in [4.78, 5) is 15.5. The summed E-state index contributed by atoms with van der Waals surface area (Å²) >= 11 is 6.13. The summed E-state index contributed by atoms with van der Waals surface area (Å²) in [6.07, 6.45) is 4.45. The number of nitrogens with zero attached hydrogens (tertiary/aromatic N) is 1. The highest BCUT2D eigenvalue weighted by Gasteiger charge is 2.14. The van der Waals surface area contributed by atoms with E-state index in [1.54, 1.807) is 6.07 Å². The Morgan fingerprint density at radius 2 is 2.33 bits per heavy atom. The summed E-state index contributed by atoms with van der Waals surface area (Å²) in [6, 6.07) is 1.60. The lowest BCUT2D eigenvalue weighted by Crippen LogP contribution is -2.20. The van der Waals surface area contributed by atoms with Crippen LogP contribution in [0.2, 0.25) is 5.02 Å². The Labute approximate surface area is 117 Å². The van der Waals surface area contributed by atoms with Crippen molar-refractivity contribution in [2.75, 3.05) is 20.2 Å². The number of rotatable bonds is 2. The molecule has 0 aromatic carbocycles. The molecule has 0 saturated heterocycles. The molecule has 0 fully saturated rings. The number of nitrogens with one attached hydrogen (secondary N) is 1. The first-order chi connectivity index (χ1) is 8.22. The Bertz CT molecular complexity index is 475. The monoisotopic (exact) mass is 288 g/mol. The second-order valence-corrected chi connectivity index (χ2v) is 4.14. The van der Waals surface area contributed by atoms with Gasteiger partial charge in [-0.2, -0.15) is 0 Å². The number of carbonyl (C=O) groups excluding carboxylic acids is 1. The van der Waals surface area contributed by atoms with Gasteiger partial charge in [0.05, 0.1) is 23.4 Å². The van der Waals surface area contributed by atoms with E-state index in [0.717, 1.165) is 30.8 Å². The topological polar surface area (TPSA) is 51.2 Å². The quantitative estimate of drug-likeness (QED) is 0.849. The third kappa shape index (κ3) is 3.22. The maximum absolute atomic E-state index is 11.3. The van der Waals surface area contributed by atoms with Gasteiger partial charge < -0.3 is 10.1 Å². The van der Waals surface area contributed by atoms with Crippen LogP contribution in [-0.2, 0) is 4.74 Å². The van der Waals surface area contributed by atoms with Gasteiger partial charge in [0.25, 0.3) is 0 Å². The summed E-state index contributed by atoms with van der Waals surface area (Å²) in [7, 11) is 1.33. The van der Waals surface area contributed by atoms with Crippen LogP contribution >= 0.6 is 24.0 Å². The first kappa shape index (κ1) is 15.0. The molecule has 0 radical (unpaired) electrons. The van der Waals surface area contributed by atoms with E-state index in [1.165, 1.54) is 13.3 Å². The van der Waals surface area contributed by atoms with Crippen LogP contribution in [-0.4, -0.2) is 31.2 Å². The van der Waals surface area contributed by atoms with Crippen LogP contribution in [0.15, 0.2) is 18.3 Å². The molecule has 0 spiro atoms. The molecule has 18 heavy (non-hydrogen) atoms. The van der Waals surface area contributed by atoms with Crippen molar-refractivity contribution in [1.82, 2.24) is 10.3 Å². The summed E-state index contributed by atoms with van der Waals surface area (Å²) in [6.45, 7) is 1.74. The van der Waals surface area contributed by atoms with Crippen molar-refractivity contribution in [2.45, 2.75) is 6.42 Å². The molecule has 1 aliphatic heterocycles. The second-order valence-electron chi connectivity index (χ2n) is 3.73. The van der Waals surface area contributed by atoms with Crippen molar-refractivity contribution < 1.29 is 9.53 Å². The van der Waals surface area contributed by atoms with Gasteiger partial charge in [-0.1, -0.05) is 17.7 Å². The van der Waals surface area contributed by atoms with Crippen molar-refractivity contribution in [1.29, 1.82) is 0 Å². The van der Waals surface area contributed by atoms with Gasteiger partial charge in [0.2, 0.25) is 0 Å². The minimum absolute atomic E-state index is 0. The van der Waals surface area contributed by atoms with Gasteiger partial charge in [0.15, 0.2) is 0 Å². The fraction of sp³-hybridized carbons (Fsp3) is 0.333. The van der Waals surface area contributed by atoms with E-state index in [-0.39, 0.29) is 12.4 Å². The molecule has 0 aliphatic carbocycles. The lowest BCUT2D eigenvalue weighted by molar-refractivity contribution is 0.0600. The maximum Gasteiger partial charge on any atom is 0.339 e. The van der Waals surface area contributed by atoms with E-state index in [9.17, 15) is 4.79 Å². The highest BCUT2D eigenvalue weighted by atomic mass is 35.5. The van der Waals surface area contributed by atoms with Gasteiger partial charge in [-0.15, -0.1) is 12.4 Å². The molecule has 1 aromatic heterocycles. The van der Waals surface area contributed by atoms with Gasteiger partial charge in [-0.25, -0.2) is 4.79 Å². The molecule has 1 aromatic rings. The zero-order chi connectivity index (χ0) is 12.3. The van der Waals surface area contributed by atoms with Crippen LogP contribution < -0.4 is 5.32 Å². The molecule has 0 atom stereocenters. The van der Waals surface area contributed by atoms with Gasteiger partial charge in [-0.05, 0) is 24.6 Å². The summed E-state index contributed by atoms with van der Waals surface area (Å²) in [5, 5.41) is 3.71. The van der Waals surface area contributed by atoms with Crippen LogP contribution in [0.3, 0.4) is 0 Å². The largest absolute Gasteiger partial charge is 0.465 e. The van der Waals surface area contributed by atoms with Crippen LogP contribution in [0, 0.1) is 0 Å². The molecular formula is C12H14Cl2N2O2. The van der Waals surface area contributed by atoms with Gasteiger partial charge in [0.1, 0.15) is 0 Å². The molecule has 4 nitrogen and oxygen atoms in total. The predicted molar refractivity (Wildman–Crippen MR) is 73.3 cm³/mol. The number of pyridine rings is 1. The lowest BCUT2D eigenvalue weighted by atomic mass is 10.0. The molecule has 1 N–H and O–H groups in total. The standard InChI is InChI=1S/C12H13ClN2O2.ClH/c1-17-12(16)9-6-10(13)11(15-7-9)8-2-4-14-5-3-8;/h2,6-7,14H,3-5H2,1H3;1H. The lowest BCUT2D eigenvalue weighted by Gasteiger charge is -2.14. The van der Waals surface area contributed by atoms with Gasteiger partial charge in [-0.3, -0.25) is 4.98 Å². The Morgan fingerprint density at radius 1 is 1.56 bits per heavy atom. The van der Waals surface area contributed by atoms with Crippen molar-refractivity contribution >= 4 is 35.6 Å². The fourth-order valence-corrected chi connectivity index (χ4v) is 2.03. The average Bonchev–Trinajstić information content (AvgIpc) is 2.38. The summed E-state index contributed by atoms with van der Waals surface area (Å²) in [5.41, 5.74) is 2.24. The van der Waals surface area contributed by atoms with E-state index < -0.39 is 5.97 Å². The predicted octanol–water partition coefficient (Wildman–Crippen LogP) is 2.32. The average molecular weight is 289 g/mol. The van der Waals surface area contributed by atoms with E-state index in [2.05, 4.69) is 21.1 Å². The third-order valence-corrected chi connectivity index (χ3v) is 2.92. The molecular weight excluding hydrogens is 275 g/mol. The van der Waals surface area contributed by atoms with Crippen molar-refractivity contribution in [2.24, 2.45) is 0 Å². The van der Waals surface area contributed by atoms with E-state index >= 15 is 0 Å². The first-order valence-electron chi connectivity index (χ1n) is 5.36. The smallest absolute Gasteiger partial charge is 0.339 e. The molecule has 0 saturated carbocycles. The minimum atomic E-state index is -0.426. The molecule has 2 rings (SSSR count). The zero-order valence-electron chi connectivity index (χ0n) is 9.90. The van der Waals surface area contributed by atoms with Crippen LogP contribution in [0.1, 0.15) is 22.5 Å². The number of aromatic nitrogens is 1. The number of hydrogen-bond acceptors (Lipinski definition) is 4. The summed E-state index contributed by atoms with van der Waals surface area (Å²) in [5.74, 6) is -0.426. The first-order valence-corrected chi connectivity index (χ1v) is 5.74. The molecule has 0 amide bonds. The van der Waals surface area contributed by atoms with Crippen molar-refractivity contribution in [3.05, 3.63) is 34.6 Å². The highest BCUT2D eigenvalue weighted by molar-refractivity contribution is 6.32. The maximum atomic E-state index is 11.3. The molecule has 0 bridgehead atoms. The number of ether oxygens (including phenoxy) is 1. The molecule has 98 valence electrons. The minimum Gasteiger partial charge on any atom is -0.465 e. The zero-order valence-corrected chi connectivity index (χ0v) is 11.5. The molecule has 0 unspecified atom stereocenters. The van der Waals surface area contributed by atoms with Crippen molar-refractivity contribution in [3.8, 4) is 0 Å². The van der Waals surface area contributed by atoms with E-state index in [1.807, 2.05) is 0 Å². The van der Waals surface area contributed by atoms with Crippen molar-refractivity contribution in [3.63, 3.8) is 0 Å². The highest BCUT2D eigenvalue weighted by Crippen LogP contribution is 2.25. The van der Waals surface area contributed by atoms with Gasteiger partial charge >= 0.3 is 5.97 Å². The molecule has 6 heteroatoms. The fourth-order valence-electron chi connectivity index (χ4n) is 1.74. The number of methoxy groups -OCH3 is 1. The molecule has 2 heterocycles. The Balaban J connectivity index is 0.00000162. The van der Waals surface area contributed by atoms with Gasteiger partial charge in [0, 0.05) is 12.7 Å².